The Morgan fingerprint density at radius 2 is 1.74 bits per heavy atom. The van der Waals surface area contributed by atoms with Gasteiger partial charge in [0.05, 0.1) is 6.04 Å². The van der Waals surface area contributed by atoms with Crippen molar-refractivity contribution in [3.05, 3.63) is 69.9 Å². The van der Waals surface area contributed by atoms with Crippen molar-refractivity contribution >= 4 is 21.8 Å². The van der Waals surface area contributed by atoms with Crippen LogP contribution in [0.1, 0.15) is 28.4 Å². The quantitative estimate of drug-likeness (QED) is 0.823. The van der Waals surface area contributed by atoms with Gasteiger partial charge in [-0.2, -0.15) is 0 Å². The highest BCUT2D eigenvalue weighted by Gasteiger charge is 2.16. The summed E-state index contributed by atoms with van der Waals surface area (Å²) in [4.78, 5) is 14.5. The standard InChI is InChI=1S/C18H20BrFN2O/c1-22(2)12-11-17(13-5-9-16(20)10-6-13)21-18(23)14-3-7-15(19)8-4-14/h3-10,17H,11-12H2,1-2H3,(H,21,23). The van der Waals surface area contributed by atoms with Crippen molar-refractivity contribution < 1.29 is 9.18 Å². The molecule has 0 bridgehead atoms. The summed E-state index contributed by atoms with van der Waals surface area (Å²) in [5.41, 5.74) is 1.50. The van der Waals surface area contributed by atoms with Crippen LogP contribution in [0.15, 0.2) is 53.0 Å². The lowest BCUT2D eigenvalue weighted by molar-refractivity contribution is 0.0932. The molecular formula is C18H20BrFN2O. The van der Waals surface area contributed by atoms with E-state index in [0.717, 1.165) is 23.0 Å². The monoisotopic (exact) mass is 378 g/mol. The Morgan fingerprint density at radius 3 is 2.30 bits per heavy atom. The third kappa shape index (κ3) is 5.44. The Bertz CT molecular complexity index is 641. The minimum atomic E-state index is -0.278. The van der Waals surface area contributed by atoms with E-state index in [1.165, 1.54) is 12.1 Å². The van der Waals surface area contributed by atoms with Gasteiger partial charge in [0, 0.05) is 10.0 Å². The third-order valence-electron chi connectivity index (χ3n) is 3.55. The first-order valence-corrected chi connectivity index (χ1v) is 8.21. The molecule has 2 aromatic carbocycles. The topological polar surface area (TPSA) is 32.3 Å². The smallest absolute Gasteiger partial charge is 0.251 e. The van der Waals surface area contributed by atoms with Gasteiger partial charge in [-0.15, -0.1) is 0 Å². The van der Waals surface area contributed by atoms with Crippen molar-refractivity contribution in [1.82, 2.24) is 10.2 Å². The summed E-state index contributed by atoms with van der Waals surface area (Å²) in [5.74, 6) is -0.412. The molecule has 1 N–H and O–H groups in total. The lowest BCUT2D eigenvalue weighted by Gasteiger charge is -2.21. The minimum absolute atomic E-state index is 0.134. The highest BCUT2D eigenvalue weighted by molar-refractivity contribution is 9.10. The van der Waals surface area contributed by atoms with E-state index in [4.69, 9.17) is 0 Å². The summed E-state index contributed by atoms with van der Waals surface area (Å²) >= 11 is 3.36. The molecule has 0 saturated heterocycles. The first-order valence-electron chi connectivity index (χ1n) is 7.42. The van der Waals surface area contributed by atoms with Crippen LogP contribution in [0.4, 0.5) is 4.39 Å². The molecule has 0 aliphatic carbocycles. The molecule has 0 heterocycles. The molecule has 23 heavy (non-hydrogen) atoms. The highest BCUT2D eigenvalue weighted by atomic mass is 79.9. The molecular weight excluding hydrogens is 359 g/mol. The van der Waals surface area contributed by atoms with Gasteiger partial charge < -0.3 is 10.2 Å². The van der Waals surface area contributed by atoms with Crippen molar-refractivity contribution in [1.29, 1.82) is 0 Å². The number of hydrogen-bond donors (Lipinski definition) is 1. The fraction of sp³-hybridized carbons (Fsp3) is 0.278. The molecule has 122 valence electrons. The highest BCUT2D eigenvalue weighted by Crippen LogP contribution is 2.19. The maximum absolute atomic E-state index is 13.1. The lowest BCUT2D eigenvalue weighted by Crippen LogP contribution is -2.31. The van der Waals surface area contributed by atoms with Gasteiger partial charge >= 0.3 is 0 Å². The average molecular weight is 379 g/mol. The van der Waals surface area contributed by atoms with Crippen LogP contribution in [0.2, 0.25) is 0 Å². The number of carbonyl (C=O) groups is 1. The van der Waals surface area contributed by atoms with E-state index in [-0.39, 0.29) is 17.8 Å². The molecule has 2 rings (SSSR count). The van der Waals surface area contributed by atoms with Crippen molar-refractivity contribution in [3.63, 3.8) is 0 Å². The van der Waals surface area contributed by atoms with E-state index in [1.807, 2.05) is 26.2 Å². The molecule has 0 saturated carbocycles. The van der Waals surface area contributed by atoms with Crippen LogP contribution in [-0.4, -0.2) is 31.4 Å². The molecule has 0 spiro atoms. The second-order valence-electron chi connectivity index (χ2n) is 5.68. The first kappa shape index (κ1) is 17.6. The number of rotatable bonds is 6. The number of benzene rings is 2. The molecule has 1 unspecified atom stereocenters. The van der Waals surface area contributed by atoms with Gasteiger partial charge in [0.25, 0.3) is 5.91 Å². The van der Waals surface area contributed by atoms with Gasteiger partial charge in [-0.3, -0.25) is 4.79 Å². The van der Waals surface area contributed by atoms with E-state index in [9.17, 15) is 9.18 Å². The first-order chi connectivity index (χ1) is 11.0. The molecule has 0 aliphatic rings. The Morgan fingerprint density at radius 1 is 1.13 bits per heavy atom. The van der Waals surface area contributed by atoms with Crippen molar-refractivity contribution in [3.8, 4) is 0 Å². The number of nitrogens with zero attached hydrogens (tertiary/aromatic N) is 1. The van der Waals surface area contributed by atoms with Gasteiger partial charge in [-0.05, 0) is 69.0 Å². The summed E-state index contributed by atoms with van der Waals surface area (Å²) < 4.78 is 14.1. The predicted molar refractivity (Wildman–Crippen MR) is 93.9 cm³/mol. The van der Waals surface area contributed by atoms with Crippen LogP contribution in [0.25, 0.3) is 0 Å². The maximum atomic E-state index is 13.1. The summed E-state index contributed by atoms with van der Waals surface area (Å²) in [7, 11) is 3.97. The SMILES string of the molecule is CN(C)CCC(NC(=O)c1ccc(Br)cc1)c1ccc(F)cc1. The average Bonchev–Trinajstić information content (AvgIpc) is 2.52. The van der Waals surface area contributed by atoms with Crippen LogP contribution >= 0.6 is 15.9 Å². The number of amides is 1. The van der Waals surface area contributed by atoms with Gasteiger partial charge in [-0.1, -0.05) is 28.1 Å². The molecule has 1 amide bonds. The summed E-state index contributed by atoms with van der Waals surface area (Å²) in [5, 5.41) is 3.04. The van der Waals surface area contributed by atoms with Gasteiger partial charge in [-0.25, -0.2) is 4.39 Å². The Hall–Kier alpha value is -1.72. The maximum Gasteiger partial charge on any atom is 0.251 e. The fourth-order valence-corrected chi connectivity index (χ4v) is 2.51. The van der Waals surface area contributed by atoms with Crippen LogP contribution < -0.4 is 5.32 Å². The van der Waals surface area contributed by atoms with Crippen LogP contribution in [0.3, 0.4) is 0 Å². The van der Waals surface area contributed by atoms with Gasteiger partial charge in [0.2, 0.25) is 0 Å². The number of carbonyl (C=O) groups excluding carboxylic acids is 1. The predicted octanol–water partition coefficient (Wildman–Crippen LogP) is 4.01. The van der Waals surface area contributed by atoms with Crippen LogP contribution in [0.5, 0.6) is 0 Å². The number of hydrogen-bond acceptors (Lipinski definition) is 2. The fourth-order valence-electron chi connectivity index (χ4n) is 2.25. The van der Waals surface area contributed by atoms with E-state index in [0.29, 0.717) is 5.56 Å². The van der Waals surface area contributed by atoms with E-state index >= 15 is 0 Å². The molecule has 0 aromatic heterocycles. The van der Waals surface area contributed by atoms with Crippen molar-refractivity contribution in [2.45, 2.75) is 12.5 Å². The molecule has 5 heteroatoms. The van der Waals surface area contributed by atoms with Gasteiger partial charge in [0.1, 0.15) is 5.82 Å². The number of nitrogens with one attached hydrogen (secondary N) is 1. The van der Waals surface area contributed by atoms with E-state index in [2.05, 4.69) is 26.1 Å². The molecule has 0 aliphatic heterocycles. The second kappa shape index (κ2) is 8.22. The zero-order valence-electron chi connectivity index (χ0n) is 13.2. The molecule has 0 radical (unpaired) electrons. The summed E-state index contributed by atoms with van der Waals surface area (Å²) in [6.45, 7) is 0.822. The minimum Gasteiger partial charge on any atom is -0.345 e. The second-order valence-corrected chi connectivity index (χ2v) is 6.59. The van der Waals surface area contributed by atoms with Crippen molar-refractivity contribution in [2.75, 3.05) is 20.6 Å². The lowest BCUT2D eigenvalue weighted by atomic mass is 10.0. The van der Waals surface area contributed by atoms with Crippen LogP contribution in [0, 0.1) is 5.82 Å². The normalized spacial score (nSPS) is 12.2. The van der Waals surface area contributed by atoms with E-state index < -0.39 is 0 Å². The molecule has 0 fully saturated rings. The molecule has 2 aromatic rings. The molecule has 3 nitrogen and oxygen atoms in total. The number of halogens is 2. The molecule has 1 atom stereocenters. The zero-order valence-corrected chi connectivity index (χ0v) is 14.8. The summed E-state index contributed by atoms with van der Waals surface area (Å²) in [6.07, 6.45) is 0.751. The van der Waals surface area contributed by atoms with Crippen molar-refractivity contribution in [2.24, 2.45) is 0 Å². The third-order valence-corrected chi connectivity index (χ3v) is 4.08. The van der Waals surface area contributed by atoms with Gasteiger partial charge in [0.15, 0.2) is 0 Å². The largest absolute Gasteiger partial charge is 0.345 e. The Balaban J connectivity index is 2.14. The van der Waals surface area contributed by atoms with Crippen LogP contribution in [-0.2, 0) is 0 Å². The Labute approximate surface area is 144 Å². The Kier molecular flexibility index (Phi) is 6.30. The summed E-state index contributed by atoms with van der Waals surface area (Å²) in [6, 6.07) is 13.3. The zero-order chi connectivity index (χ0) is 16.8. The van der Waals surface area contributed by atoms with E-state index in [1.54, 1.807) is 24.3 Å².